The maximum atomic E-state index is 13.8. The van der Waals surface area contributed by atoms with Crippen LogP contribution < -0.4 is 14.3 Å². The van der Waals surface area contributed by atoms with Gasteiger partial charge in [-0.1, -0.05) is 24.3 Å². The molecule has 4 rings (SSSR count). The molecule has 0 spiro atoms. The summed E-state index contributed by atoms with van der Waals surface area (Å²) in [5, 5.41) is 0. The van der Waals surface area contributed by atoms with Crippen LogP contribution in [0.25, 0.3) is 0 Å². The van der Waals surface area contributed by atoms with Crippen molar-refractivity contribution < 1.29 is 26.4 Å². The number of benzene rings is 2. The highest BCUT2D eigenvalue weighted by atomic mass is 32.2. The maximum Gasteiger partial charge on any atom is 0.309 e. The van der Waals surface area contributed by atoms with Crippen molar-refractivity contribution in [2.24, 2.45) is 5.92 Å². The van der Waals surface area contributed by atoms with Gasteiger partial charge < -0.3 is 9.64 Å². The largest absolute Gasteiger partial charge is 0.466 e. The molecule has 9 nitrogen and oxygen atoms in total. The fraction of sp³-hybridized carbons (Fsp3) is 0.480. The number of carbonyl (C=O) groups excluding carboxylic acids is 1. The van der Waals surface area contributed by atoms with Gasteiger partial charge in [-0.2, -0.15) is 0 Å². The molecule has 0 saturated carbocycles. The number of hydrogen-bond donors (Lipinski definition) is 2. The SMILES string of the molecule is CCOC(=O)C1CCN(c2ccc(NS(C)(=O)=O)cc2S(=O)(=O)NC2CCCc3ccccc32)CC1. The van der Waals surface area contributed by atoms with E-state index in [9.17, 15) is 21.6 Å². The highest BCUT2D eigenvalue weighted by Crippen LogP contribution is 2.35. The molecule has 196 valence electrons. The minimum absolute atomic E-state index is 0.00814. The summed E-state index contributed by atoms with van der Waals surface area (Å²) >= 11 is 0. The number of nitrogens with zero attached hydrogens (tertiary/aromatic N) is 1. The maximum absolute atomic E-state index is 13.8. The minimum Gasteiger partial charge on any atom is -0.466 e. The van der Waals surface area contributed by atoms with E-state index in [1.54, 1.807) is 19.1 Å². The van der Waals surface area contributed by atoms with E-state index in [0.717, 1.165) is 30.2 Å². The number of fused-ring (bicyclic) bond motifs is 1. The van der Waals surface area contributed by atoms with E-state index < -0.39 is 20.0 Å². The summed E-state index contributed by atoms with van der Waals surface area (Å²) in [4.78, 5) is 14.1. The zero-order chi connectivity index (χ0) is 25.9. The molecular formula is C25H33N3O6S2. The number of carbonyl (C=O) groups is 1. The average molecular weight is 536 g/mol. The summed E-state index contributed by atoms with van der Waals surface area (Å²) in [7, 11) is -7.61. The lowest BCUT2D eigenvalue weighted by Crippen LogP contribution is -2.38. The number of anilines is 2. The molecule has 2 aliphatic rings. The first kappa shape index (κ1) is 26.4. The molecule has 0 amide bonds. The lowest BCUT2D eigenvalue weighted by atomic mass is 9.88. The van der Waals surface area contributed by atoms with Crippen molar-refractivity contribution in [2.75, 3.05) is 35.6 Å². The summed E-state index contributed by atoms with van der Waals surface area (Å²) in [6.45, 7) is 3.06. The third kappa shape index (κ3) is 6.19. The predicted octanol–water partition coefficient (Wildman–Crippen LogP) is 3.19. The van der Waals surface area contributed by atoms with Gasteiger partial charge in [0.15, 0.2) is 0 Å². The molecule has 1 aliphatic heterocycles. The minimum atomic E-state index is -4.02. The number of ether oxygens (including phenoxy) is 1. The number of nitrogens with one attached hydrogen (secondary N) is 2. The van der Waals surface area contributed by atoms with Gasteiger partial charge in [-0.05, 0) is 68.4 Å². The van der Waals surface area contributed by atoms with Crippen LogP contribution in [0.2, 0.25) is 0 Å². The van der Waals surface area contributed by atoms with Crippen molar-refractivity contribution in [1.29, 1.82) is 0 Å². The van der Waals surface area contributed by atoms with E-state index in [-0.39, 0.29) is 28.5 Å². The lowest BCUT2D eigenvalue weighted by molar-refractivity contribution is -0.148. The first-order chi connectivity index (χ1) is 17.1. The van der Waals surface area contributed by atoms with Gasteiger partial charge in [0.05, 0.1) is 24.5 Å². The number of piperidine rings is 1. The molecule has 0 aromatic heterocycles. The van der Waals surface area contributed by atoms with Crippen LogP contribution in [0, 0.1) is 5.92 Å². The van der Waals surface area contributed by atoms with Crippen molar-refractivity contribution >= 4 is 37.4 Å². The summed E-state index contributed by atoms with van der Waals surface area (Å²) in [5.74, 6) is -0.445. The first-order valence-corrected chi connectivity index (χ1v) is 15.6. The van der Waals surface area contributed by atoms with Gasteiger partial charge in [0, 0.05) is 24.8 Å². The topological polar surface area (TPSA) is 122 Å². The molecule has 36 heavy (non-hydrogen) atoms. The Hall–Kier alpha value is -2.63. The highest BCUT2D eigenvalue weighted by molar-refractivity contribution is 7.92. The quantitative estimate of drug-likeness (QED) is 0.498. The zero-order valence-corrected chi connectivity index (χ0v) is 22.2. The zero-order valence-electron chi connectivity index (χ0n) is 20.6. The Morgan fingerprint density at radius 3 is 2.47 bits per heavy atom. The smallest absolute Gasteiger partial charge is 0.309 e. The summed E-state index contributed by atoms with van der Waals surface area (Å²) in [6, 6.07) is 12.0. The number of sulfonamides is 2. The van der Waals surface area contributed by atoms with Gasteiger partial charge in [0.1, 0.15) is 4.90 Å². The van der Waals surface area contributed by atoms with Gasteiger partial charge in [-0.3, -0.25) is 9.52 Å². The predicted molar refractivity (Wildman–Crippen MR) is 139 cm³/mol. The molecule has 1 fully saturated rings. The lowest BCUT2D eigenvalue weighted by Gasteiger charge is -2.34. The number of aryl methyl sites for hydroxylation is 1. The Kier molecular flexibility index (Phi) is 7.91. The monoisotopic (exact) mass is 535 g/mol. The summed E-state index contributed by atoms with van der Waals surface area (Å²) in [6.07, 6.45) is 4.57. The third-order valence-electron chi connectivity index (χ3n) is 6.67. The Labute approximate surface area is 213 Å². The molecule has 11 heteroatoms. The molecule has 2 aromatic rings. The fourth-order valence-electron chi connectivity index (χ4n) is 5.01. The van der Waals surface area contributed by atoms with E-state index in [4.69, 9.17) is 4.74 Å². The molecule has 1 heterocycles. The van der Waals surface area contributed by atoms with Gasteiger partial charge in [-0.25, -0.2) is 21.6 Å². The van der Waals surface area contributed by atoms with E-state index >= 15 is 0 Å². The third-order valence-corrected chi connectivity index (χ3v) is 8.78. The van der Waals surface area contributed by atoms with Crippen molar-refractivity contribution in [1.82, 2.24) is 4.72 Å². The molecule has 0 radical (unpaired) electrons. The highest BCUT2D eigenvalue weighted by Gasteiger charge is 2.32. The fourth-order valence-corrected chi connectivity index (χ4v) is 7.07. The molecule has 1 aliphatic carbocycles. The second kappa shape index (κ2) is 10.8. The second-order valence-electron chi connectivity index (χ2n) is 9.34. The van der Waals surface area contributed by atoms with Crippen LogP contribution >= 0.6 is 0 Å². The molecule has 1 unspecified atom stereocenters. The number of rotatable bonds is 8. The van der Waals surface area contributed by atoms with Crippen molar-refractivity contribution in [3.63, 3.8) is 0 Å². The summed E-state index contributed by atoms with van der Waals surface area (Å²) < 4.78 is 61.6. The molecule has 1 atom stereocenters. The molecular weight excluding hydrogens is 502 g/mol. The number of hydrogen-bond acceptors (Lipinski definition) is 7. The Bertz CT molecular complexity index is 1320. The Morgan fingerprint density at radius 2 is 1.78 bits per heavy atom. The van der Waals surface area contributed by atoms with Crippen LogP contribution in [0.1, 0.15) is 49.8 Å². The normalized spacial score (nSPS) is 18.9. The molecule has 1 saturated heterocycles. The van der Waals surface area contributed by atoms with Crippen LogP contribution in [-0.2, 0) is 36.0 Å². The van der Waals surface area contributed by atoms with E-state index in [1.165, 1.54) is 6.07 Å². The molecule has 2 aromatic carbocycles. The standard InChI is InChI=1S/C25H33N3O6S2/c1-3-34-25(29)19-13-15-28(16-14-19)23-12-11-20(26-35(2,30)31)17-24(23)36(32,33)27-22-10-6-8-18-7-4-5-9-21(18)22/h4-5,7,9,11-12,17,19,22,26-27H,3,6,8,10,13-16H2,1-2H3. The van der Waals surface area contributed by atoms with Crippen LogP contribution in [0.5, 0.6) is 0 Å². The van der Waals surface area contributed by atoms with Gasteiger partial charge in [0.25, 0.3) is 0 Å². The average Bonchev–Trinajstić information content (AvgIpc) is 2.83. The molecule has 0 bridgehead atoms. The van der Waals surface area contributed by atoms with Crippen molar-refractivity contribution in [2.45, 2.75) is 50.0 Å². The van der Waals surface area contributed by atoms with Gasteiger partial charge >= 0.3 is 5.97 Å². The van der Waals surface area contributed by atoms with E-state index in [1.807, 2.05) is 29.2 Å². The van der Waals surface area contributed by atoms with Gasteiger partial charge in [-0.15, -0.1) is 0 Å². The second-order valence-corrected chi connectivity index (χ2v) is 12.8. The Balaban J connectivity index is 1.65. The van der Waals surface area contributed by atoms with E-state index in [2.05, 4.69) is 9.44 Å². The first-order valence-electron chi connectivity index (χ1n) is 12.2. The van der Waals surface area contributed by atoms with Crippen LogP contribution in [-0.4, -0.2) is 48.8 Å². The van der Waals surface area contributed by atoms with Crippen molar-refractivity contribution in [3.05, 3.63) is 53.6 Å². The van der Waals surface area contributed by atoms with Crippen LogP contribution in [0.3, 0.4) is 0 Å². The van der Waals surface area contributed by atoms with Crippen LogP contribution in [0.4, 0.5) is 11.4 Å². The van der Waals surface area contributed by atoms with Gasteiger partial charge in [0.2, 0.25) is 20.0 Å². The summed E-state index contributed by atoms with van der Waals surface area (Å²) in [5.41, 5.74) is 2.75. The Morgan fingerprint density at radius 1 is 1.06 bits per heavy atom. The van der Waals surface area contributed by atoms with E-state index in [0.29, 0.717) is 44.6 Å². The van der Waals surface area contributed by atoms with Crippen molar-refractivity contribution in [3.8, 4) is 0 Å². The van der Waals surface area contributed by atoms with Crippen LogP contribution in [0.15, 0.2) is 47.4 Å². The molecule has 2 N–H and O–H groups in total. The number of esters is 1.